The molecule has 0 saturated heterocycles. The van der Waals surface area contributed by atoms with Crippen LogP contribution in [0.3, 0.4) is 0 Å². The van der Waals surface area contributed by atoms with Gasteiger partial charge in [-0.1, -0.05) is 6.92 Å². The number of aliphatic carboxylic acids is 1. The molecule has 0 aliphatic rings. The molecule has 0 aromatic carbocycles. The van der Waals surface area contributed by atoms with Crippen LogP contribution < -0.4 is 10.9 Å². The van der Waals surface area contributed by atoms with Gasteiger partial charge in [-0.05, 0) is 12.5 Å². The molecule has 0 aliphatic carbocycles. The summed E-state index contributed by atoms with van der Waals surface area (Å²) in [6.45, 7) is 1.87. The number of hydrogen-bond acceptors (Lipinski definition) is 5. The Kier molecular flexibility index (Phi) is 4.69. The Hall–Kier alpha value is -2.22. The molecule has 2 heterocycles. The van der Waals surface area contributed by atoms with E-state index in [-0.39, 0.29) is 25.1 Å². The number of carboxylic acids is 1. The van der Waals surface area contributed by atoms with Crippen molar-refractivity contribution < 1.29 is 14.7 Å². The van der Waals surface area contributed by atoms with Crippen LogP contribution >= 0.6 is 11.3 Å². The number of carboxylic acid groups (broad SMARTS) is 1. The van der Waals surface area contributed by atoms with Crippen LogP contribution in [0.2, 0.25) is 0 Å². The average molecular weight is 309 g/mol. The van der Waals surface area contributed by atoms with Gasteiger partial charge in [0.1, 0.15) is 11.4 Å². The lowest BCUT2D eigenvalue weighted by Crippen LogP contribution is -2.33. The minimum absolute atomic E-state index is 0.0387. The summed E-state index contributed by atoms with van der Waals surface area (Å²) in [6.07, 6.45) is 2.02. The summed E-state index contributed by atoms with van der Waals surface area (Å²) in [4.78, 5) is 40.2. The van der Waals surface area contributed by atoms with Gasteiger partial charge in [0.2, 0.25) is 5.91 Å². The minimum Gasteiger partial charge on any atom is -0.481 e. The van der Waals surface area contributed by atoms with Crippen molar-refractivity contribution in [3.8, 4) is 0 Å². The van der Waals surface area contributed by atoms with E-state index < -0.39 is 11.9 Å². The van der Waals surface area contributed by atoms with Crippen LogP contribution in [0.1, 0.15) is 18.2 Å². The number of aryl methyl sites for hydroxylation is 1. The number of carbonyl (C=O) groups excluding carboxylic acids is 1. The van der Waals surface area contributed by atoms with Crippen molar-refractivity contribution in [2.45, 2.75) is 26.3 Å². The molecule has 0 saturated carbocycles. The second-order valence-electron chi connectivity index (χ2n) is 4.46. The van der Waals surface area contributed by atoms with Gasteiger partial charge in [-0.25, -0.2) is 4.98 Å². The van der Waals surface area contributed by atoms with Gasteiger partial charge in [0.25, 0.3) is 5.56 Å². The Morgan fingerprint density at radius 2 is 2.24 bits per heavy atom. The number of fused-ring (bicyclic) bond motifs is 1. The number of nitrogens with zero attached hydrogens (tertiary/aromatic N) is 2. The SMILES string of the molecule is CCc1cc2c(=O)n(CC(=O)NCCC(=O)O)cnc2s1. The Morgan fingerprint density at radius 3 is 2.90 bits per heavy atom. The summed E-state index contributed by atoms with van der Waals surface area (Å²) in [5.74, 6) is -1.40. The van der Waals surface area contributed by atoms with Crippen LogP contribution in [0.15, 0.2) is 17.2 Å². The van der Waals surface area contributed by atoms with Gasteiger partial charge in [0.15, 0.2) is 0 Å². The Balaban J connectivity index is 2.11. The number of hydrogen-bond donors (Lipinski definition) is 2. The largest absolute Gasteiger partial charge is 0.481 e. The molecule has 112 valence electrons. The monoisotopic (exact) mass is 309 g/mol. The highest BCUT2D eigenvalue weighted by atomic mass is 32.1. The third-order valence-electron chi connectivity index (χ3n) is 2.89. The van der Waals surface area contributed by atoms with E-state index in [1.165, 1.54) is 22.2 Å². The molecule has 2 rings (SSSR count). The molecular formula is C13H15N3O4S. The summed E-state index contributed by atoms with van der Waals surface area (Å²) >= 11 is 1.47. The Labute approximate surface area is 124 Å². The summed E-state index contributed by atoms with van der Waals surface area (Å²) in [6, 6.07) is 1.80. The van der Waals surface area contributed by atoms with Gasteiger partial charge < -0.3 is 10.4 Å². The number of aromatic nitrogens is 2. The molecular weight excluding hydrogens is 294 g/mol. The fourth-order valence-electron chi connectivity index (χ4n) is 1.82. The maximum atomic E-state index is 12.2. The molecule has 0 unspecified atom stereocenters. The Bertz CT molecular complexity index is 735. The van der Waals surface area contributed by atoms with E-state index in [0.717, 1.165) is 11.3 Å². The molecule has 0 fully saturated rings. The van der Waals surface area contributed by atoms with E-state index in [4.69, 9.17) is 5.11 Å². The van der Waals surface area contributed by atoms with Gasteiger partial charge in [-0.3, -0.25) is 19.0 Å². The lowest BCUT2D eigenvalue weighted by molar-refractivity contribution is -0.136. The number of nitrogens with one attached hydrogen (secondary N) is 1. The van der Waals surface area contributed by atoms with Crippen molar-refractivity contribution in [2.75, 3.05) is 6.54 Å². The lowest BCUT2D eigenvalue weighted by atomic mass is 10.3. The van der Waals surface area contributed by atoms with Crippen molar-refractivity contribution in [1.29, 1.82) is 0 Å². The first-order valence-corrected chi connectivity index (χ1v) is 7.29. The first-order chi connectivity index (χ1) is 10.0. The van der Waals surface area contributed by atoms with Crippen LogP contribution in [0.4, 0.5) is 0 Å². The normalized spacial score (nSPS) is 10.7. The topological polar surface area (TPSA) is 101 Å². The van der Waals surface area contributed by atoms with Crippen LogP contribution in [0.25, 0.3) is 10.2 Å². The quantitative estimate of drug-likeness (QED) is 0.814. The number of carbonyl (C=O) groups is 2. The van der Waals surface area contributed by atoms with Crippen LogP contribution in [-0.4, -0.2) is 33.1 Å². The van der Waals surface area contributed by atoms with E-state index in [9.17, 15) is 14.4 Å². The molecule has 7 nitrogen and oxygen atoms in total. The fourth-order valence-corrected chi connectivity index (χ4v) is 2.74. The predicted molar refractivity (Wildman–Crippen MR) is 78.5 cm³/mol. The molecule has 2 N–H and O–H groups in total. The summed E-state index contributed by atoms with van der Waals surface area (Å²) in [5, 5.41) is 11.5. The molecule has 0 spiro atoms. The van der Waals surface area contributed by atoms with E-state index >= 15 is 0 Å². The van der Waals surface area contributed by atoms with Gasteiger partial charge in [0, 0.05) is 11.4 Å². The highest BCUT2D eigenvalue weighted by Crippen LogP contribution is 2.20. The van der Waals surface area contributed by atoms with Crippen LogP contribution in [-0.2, 0) is 22.6 Å². The number of thiophene rings is 1. The molecule has 21 heavy (non-hydrogen) atoms. The first-order valence-electron chi connectivity index (χ1n) is 6.47. The fraction of sp³-hybridized carbons (Fsp3) is 0.385. The second-order valence-corrected chi connectivity index (χ2v) is 5.57. The zero-order valence-corrected chi connectivity index (χ0v) is 12.3. The summed E-state index contributed by atoms with van der Waals surface area (Å²) in [7, 11) is 0. The van der Waals surface area contributed by atoms with E-state index in [2.05, 4.69) is 10.3 Å². The van der Waals surface area contributed by atoms with Crippen LogP contribution in [0.5, 0.6) is 0 Å². The maximum absolute atomic E-state index is 12.2. The smallest absolute Gasteiger partial charge is 0.305 e. The first kappa shape index (κ1) is 15.2. The summed E-state index contributed by atoms with van der Waals surface area (Å²) in [5.41, 5.74) is -0.260. The number of rotatable bonds is 6. The van der Waals surface area contributed by atoms with E-state index in [0.29, 0.717) is 10.2 Å². The Morgan fingerprint density at radius 1 is 1.48 bits per heavy atom. The third-order valence-corrected chi connectivity index (χ3v) is 4.08. The van der Waals surface area contributed by atoms with Crippen molar-refractivity contribution in [3.05, 3.63) is 27.6 Å². The standard InChI is InChI=1S/C13H15N3O4S/c1-2-8-5-9-12(21-8)15-7-16(13(9)20)6-10(17)14-4-3-11(18)19/h5,7H,2-4,6H2,1H3,(H,14,17)(H,18,19). The molecule has 1 amide bonds. The summed E-state index contributed by atoms with van der Waals surface area (Å²) < 4.78 is 1.23. The zero-order chi connectivity index (χ0) is 15.4. The van der Waals surface area contributed by atoms with Gasteiger partial charge in [0.05, 0.1) is 18.1 Å². The molecule has 2 aromatic rings. The maximum Gasteiger partial charge on any atom is 0.305 e. The predicted octanol–water partition coefficient (Wildman–Crippen LogP) is 0.611. The van der Waals surface area contributed by atoms with Gasteiger partial charge in [-0.15, -0.1) is 11.3 Å². The molecule has 8 heteroatoms. The highest BCUT2D eigenvalue weighted by molar-refractivity contribution is 7.18. The van der Waals surface area contributed by atoms with Crippen molar-refractivity contribution in [3.63, 3.8) is 0 Å². The highest BCUT2D eigenvalue weighted by Gasteiger charge is 2.10. The molecule has 0 atom stereocenters. The molecule has 2 aromatic heterocycles. The third kappa shape index (κ3) is 3.66. The average Bonchev–Trinajstić information content (AvgIpc) is 2.85. The molecule has 0 aliphatic heterocycles. The van der Waals surface area contributed by atoms with Crippen LogP contribution in [0, 0.1) is 0 Å². The number of amides is 1. The van der Waals surface area contributed by atoms with Gasteiger partial charge >= 0.3 is 5.97 Å². The van der Waals surface area contributed by atoms with Crippen molar-refractivity contribution in [2.24, 2.45) is 0 Å². The van der Waals surface area contributed by atoms with E-state index in [1.807, 2.05) is 6.92 Å². The van der Waals surface area contributed by atoms with E-state index in [1.54, 1.807) is 6.07 Å². The van der Waals surface area contributed by atoms with Crippen molar-refractivity contribution >= 4 is 33.4 Å². The molecule has 0 bridgehead atoms. The van der Waals surface area contributed by atoms with Crippen molar-refractivity contribution in [1.82, 2.24) is 14.9 Å². The van der Waals surface area contributed by atoms with Gasteiger partial charge in [-0.2, -0.15) is 0 Å². The molecule has 0 radical (unpaired) electrons. The lowest BCUT2D eigenvalue weighted by Gasteiger charge is -2.05. The minimum atomic E-state index is -0.985. The zero-order valence-electron chi connectivity index (χ0n) is 11.5. The second kappa shape index (κ2) is 6.49.